The van der Waals surface area contributed by atoms with Gasteiger partial charge in [-0.2, -0.15) is 4.31 Å². The number of nitrogens with zero attached hydrogens (tertiary/aromatic N) is 1. The average Bonchev–Trinajstić information content (AvgIpc) is 3.35. The van der Waals surface area contributed by atoms with Crippen LogP contribution in [-0.2, 0) is 19.9 Å². The maximum atomic E-state index is 12.6. The van der Waals surface area contributed by atoms with Crippen LogP contribution in [-0.4, -0.2) is 45.1 Å². The Morgan fingerprint density at radius 1 is 0.960 bits per heavy atom. The predicted molar refractivity (Wildman–Crippen MR) is 93.4 cm³/mol. The van der Waals surface area contributed by atoms with Crippen LogP contribution in [0.25, 0.3) is 0 Å². The summed E-state index contributed by atoms with van der Waals surface area (Å²) in [4.78, 5) is 0.351. The highest BCUT2D eigenvalue weighted by molar-refractivity contribution is 7.90. The molecule has 0 spiro atoms. The van der Waals surface area contributed by atoms with Crippen LogP contribution in [0.15, 0.2) is 58.3 Å². The Hall–Kier alpha value is -1.74. The van der Waals surface area contributed by atoms with Gasteiger partial charge in [0.05, 0.1) is 21.9 Å². The van der Waals surface area contributed by atoms with E-state index >= 15 is 0 Å². The van der Waals surface area contributed by atoms with Crippen molar-refractivity contribution in [3.63, 3.8) is 0 Å². The van der Waals surface area contributed by atoms with Crippen LogP contribution in [0.2, 0.25) is 0 Å². The predicted octanol–water partition coefficient (Wildman–Crippen LogP) is 1.51. The fourth-order valence-electron chi connectivity index (χ4n) is 2.65. The van der Waals surface area contributed by atoms with Crippen molar-refractivity contribution in [2.45, 2.75) is 28.9 Å². The van der Waals surface area contributed by atoms with Crippen molar-refractivity contribution < 1.29 is 21.9 Å². The first kappa shape index (κ1) is 18.1. The van der Waals surface area contributed by atoms with Crippen LogP contribution >= 0.6 is 0 Å². The van der Waals surface area contributed by atoms with Crippen LogP contribution in [0.5, 0.6) is 0 Å². The Kier molecular flexibility index (Phi) is 4.48. The molecule has 0 aromatic heterocycles. The molecule has 134 valence electrons. The highest BCUT2D eigenvalue weighted by Crippen LogP contribution is 2.36. The number of hydrogen-bond donors (Lipinski definition) is 1. The molecule has 1 saturated heterocycles. The lowest BCUT2D eigenvalue weighted by Crippen LogP contribution is -2.18. The number of aliphatic hydroxyl groups is 1. The molecular formula is C17H19NO5S2. The van der Waals surface area contributed by atoms with Crippen LogP contribution in [0.1, 0.15) is 17.2 Å². The minimum Gasteiger partial charge on any atom is -0.387 e. The van der Waals surface area contributed by atoms with Crippen molar-refractivity contribution in [1.82, 2.24) is 4.31 Å². The van der Waals surface area contributed by atoms with Gasteiger partial charge in [0.25, 0.3) is 0 Å². The lowest BCUT2D eigenvalue weighted by molar-refractivity contribution is 0.168. The molecule has 3 unspecified atom stereocenters. The van der Waals surface area contributed by atoms with Gasteiger partial charge in [0.15, 0.2) is 9.84 Å². The normalized spacial score (nSPS) is 21.7. The van der Waals surface area contributed by atoms with Gasteiger partial charge in [-0.3, -0.25) is 0 Å². The molecule has 1 heterocycles. The second-order valence-electron chi connectivity index (χ2n) is 6.24. The number of benzene rings is 2. The molecular weight excluding hydrogens is 362 g/mol. The largest absolute Gasteiger partial charge is 0.387 e. The second kappa shape index (κ2) is 6.21. The van der Waals surface area contributed by atoms with E-state index in [1.807, 2.05) is 6.92 Å². The molecule has 25 heavy (non-hydrogen) atoms. The second-order valence-corrected chi connectivity index (χ2v) is 10.1. The van der Waals surface area contributed by atoms with Crippen LogP contribution in [0.3, 0.4) is 0 Å². The zero-order chi connectivity index (χ0) is 18.4. The summed E-state index contributed by atoms with van der Waals surface area (Å²) in [5, 5.41) is 10.4. The van der Waals surface area contributed by atoms with E-state index in [2.05, 4.69) is 0 Å². The molecule has 1 N–H and O–H groups in total. The van der Waals surface area contributed by atoms with Gasteiger partial charge < -0.3 is 5.11 Å². The van der Waals surface area contributed by atoms with E-state index in [1.165, 1.54) is 28.6 Å². The van der Waals surface area contributed by atoms with E-state index < -0.39 is 32.0 Å². The van der Waals surface area contributed by atoms with Crippen molar-refractivity contribution in [2.75, 3.05) is 12.8 Å². The minimum atomic E-state index is -3.64. The number of aryl methyl sites for hydroxylation is 1. The zero-order valence-corrected chi connectivity index (χ0v) is 15.5. The van der Waals surface area contributed by atoms with Crippen LogP contribution in [0.4, 0.5) is 0 Å². The van der Waals surface area contributed by atoms with Gasteiger partial charge in [-0.05, 0) is 36.8 Å². The third-order valence-corrected chi connectivity index (χ3v) is 7.28. The van der Waals surface area contributed by atoms with Gasteiger partial charge >= 0.3 is 0 Å². The van der Waals surface area contributed by atoms with Crippen molar-refractivity contribution >= 4 is 19.9 Å². The molecule has 8 heteroatoms. The smallest absolute Gasteiger partial charge is 0.243 e. The highest BCUT2D eigenvalue weighted by atomic mass is 32.2. The van der Waals surface area contributed by atoms with Gasteiger partial charge in [0.1, 0.15) is 0 Å². The first-order valence-corrected chi connectivity index (χ1v) is 11.0. The Morgan fingerprint density at radius 2 is 1.48 bits per heavy atom. The zero-order valence-electron chi connectivity index (χ0n) is 13.8. The summed E-state index contributed by atoms with van der Waals surface area (Å²) in [5.74, 6) is 0. The number of rotatable bonds is 5. The van der Waals surface area contributed by atoms with Crippen molar-refractivity contribution in [3.8, 4) is 0 Å². The topological polar surface area (TPSA) is 91.5 Å². The van der Waals surface area contributed by atoms with E-state index in [1.54, 1.807) is 24.3 Å². The summed E-state index contributed by atoms with van der Waals surface area (Å²) in [6, 6.07) is 11.9. The average molecular weight is 381 g/mol. The Bertz CT molecular complexity index is 980. The first-order valence-electron chi connectivity index (χ1n) is 7.67. The monoisotopic (exact) mass is 381 g/mol. The summed E-state index contributed by atoms with van der Waals surface area (Å²) in [6.07, 6.45) is 0.101. The molecule has 0 amide bonds. The van der Waals surface area contributed by atoms with E-state index in [9.17, 15) is 21.9 Å². The molecule has 0 aliphatic carbocycles. The van der Waals surface area contributed by atoms with Gasteiger partial charge in [0.2, 0.25) is 10.0 Å². The Balaban J connectivity index is 1.77. The molecule has 1 aliphatic rings. The SMILES string of the molecule is Cc1ccc(S(=O)(=O)N2CC2C(O)c2ccc(S(C)(=O)=O)cc2)cc1. The van der Waals surface area contributed by atoms with Crippen molar-refractivity contribution in [2.24, 2.45) is 0 Å². The summed E-state index contributed by atoms with van der Waals surface area (Å²) >= 11 is 0. The molecule has 2 aromatic carbocycles. The number of aliphatic hydroxyl groups excluding tert-OH is 1. The fourth-order valence-corrected chi connectivity index (χ4v) is 4.85. The molecule has 0 radical (unpaired) electrons. The van der Waals surface area contributed by atoms with E-state index in [4.69, 9.17) is 0 Å². The van der Waals surface area contributed by atoms with Crippen LogP contribution < -0.4 is 0 Å². The van der Waals surface area contributed by atoms with Gasteiger partial charge in [-0.15, -0.1) is 0 Å². The fraction of sp³-hybridized carbons (Fsp3) is 0.294. The maximum absolute atomic E-state index is 12.6. The summed E-state index contributed by atoms with van der Waals surface area (Å²) in [6.45, 7) is 2.10. The summed E-state index contributed by atoms with van der Waals surface area (Å²) in [7, 11) is -6.95. The third kappa shape index (κ3) is 3.62. The molecule has 1 aliphatic heterocycles. The van der Waals surface area contributed by atoms with E-state index in [0.717, 1.165) is 11.8 Å². The standard InChI is InChI=1S/C17H19NO5S2/c1-12-3-7-15(8-4-12)25(22,23)18-11-16(18)17(19)13-5-9-14(10-6-13)24(2,20)21/h3-10,16-17,19H,11H2,1-2H3. The molecule has 3 atom stereocenters. The van der Waals surface area contributed by atoms with E-state index in [-0.39, 0.29) is 16.3 Å². The van der Waals surface area contributed by atoms with Gasteiger partial charge in [0, 0.05) is 12.8 Å². The van der Waals surface area contributed by atoms with Gasteiger partial charge in [-0.1, -0.05) is 29.8 Å². The minimum absolute atomic E-state index is 0.156. The van der Waals surface area contributed by atoms with Crippen molar-refractivity contribution in [1.29, 1.82) is 0 Å². The maximum Gasteiger partial charge on any atom is 0.243 e. The first-order chi connectivity index (χ1) is 11.6. The summed E-state index contributed by atoms with van der Waals surface area (Å²) < 4.78 is 49.3. The van der Waals surface area contributed by atoms with Gasteiger partial charge in [-0.25, -0.2) is 16.8 Å². The summed E-state index contributed by atoms with van der Waals surface area (Å²) in [5.41, 5.74) is 1.45. The number of sulfonamides is 1. The Morgan fingerprint density at radius 3 is 2.00 bits per heavy atom. The Labute approximate surface area is 147 Å². The molecule has 0 bridgehead atoms. The lowest BCUT2D eigenvalue weighted by atomic mass is 10.1. The lowest BCUT2D eigenvalue weighted by Gasteiger charge is -2.12. The molecule has 6 nitrogen and oxygen atoms in total. The number of hydrogen-bond acceptors (Lipinski definition) is 5. The molecule has 0 saturated carbocycles. The third-order valence-electron chi connectivity index (χ3n) is 4.25. The molecule has 3 rings (SSSR count). The quantitative estimate of drug-likeness (QED) is 0.793. The van der Waals surface area contributed by atoms with Crippen molar-refractivity contribution in [3.05, 3.63) is 59.7 Å². The highest BCUT2D eigenvalue weighted by Gasteiger charge is 2.49. The van der Waals surface area contributed by atoms with E-state index in [0.29, 0.717) is 5.56 Å². The molecule has 2 aromatic rings. The molecule has 1 fully saturated rings. The number of sulfone groups is 1. The van der Waals surface area contributed by atoms with Crippen LogP contribution in [0, 0.1) is 6.92 Å².